The van der Waals surface area contributed by atoms with Crippen LogP contribution in [0.4, 0.5) is 0 Å². The number of nitrogens with two attached hydrogens (primary N) is 1. The molecule has 5 nitrogen and oxygen atoms in total. The molecule has 102 valence electrons. The highest BCUT2D eigenvalue weighted by Gasteiger charge is 2.22. The van der Waals surface area contributed by atoms with Crippen molar-refractivity contribution in [2.24, 2.45) is 5.73 Å². The normalized spacial score (nSPS) is 12.4. The van der Waals surface area contributed by atoms with Crippen LogP contribution >= 0.6 is 15.9 Å². The number of methoxy groups -OCH3 is 1. The number of hydrogen-bond donors (Lipinski definition) is 1. The number of rotatable bonds is 5. The lowest BCUT2D eigenvalue weighted by Gasteiger charge is -2.16. The molecule has 2 heterocycles. The van der Waals surface area contributed by atoms with Crippen molar-refractivity contribution in [1.82, 2.24) is 14.8 Å². The number of nitrogens with zero attached hydrogens (tertiary/aromatic N) is 3. The van der Waals surface area contributed by atoms with E-state index in [1.807, 2.05) is 16.8 Å². The molecule has 0 bridgehead atoms. The molecule has 0 amide bonds. The summed E-state index contributed by atoms with van der Waals surface area (Å²) in [5, 5.41) is 4.32. The van der Waals surface area contributed by atoms with Gasteiger partial charge in [-0.1, -0.05) is 6.92 Å². The van der Waals surface area contributed by atoms with Crippen LogP contribution in [-0.4, -0.2) is 21.9 Å². The molecular weight excluding hydrogens is 308 g/mol. The lowest BCUT2D eigenvalue weighted by molar-refractivity contribution is 0.403. The summed E-state index contributed by atoms with van der Waals surface area (Å²) >= 11 is 3.48. The van der Waals surface area contributed by atoms with Gasteiger partial charge in [-0.3, -0.25) is 9.67 Å². The van der Waals surface area contributed by atoms with E-state index in [1.165, 1.54) is 0 Å². The Kier molecular flexibility index (Phi) is 4.55. The maximum absolute atomic E-state index is 6.34. The van der Waals surface area contributed by atoms with Crippen molar-refractivity contribution in [3.8, 4) is 5.75 Å². The zero-order chi connectivity index (χ0) is 13.8. The van der Waals surface area contributed by atoms with E-state index in [4.69, 9.17) is 10.5 Å². The number of aryl methyl sites for hydroxylation is 1. The highest BCUT2D eigenvalue weighted by atomic mass is 79.9. The van der Waals surface area contributed by atoms with E-state index in [2.05, 4.69) is 32.9 Å². The van der Waals surface area contributed by atoms with Gasteiger partial charge in [0.15, 0.2) is 5.75 Å². The van der Waals surface area contributed by atoms with Gasteiger partial charge in [-0.15, -0.1) is 0 Å². The van der Waals surface area contributed by atoms with E-state index in [9.17, 15) is 0 Å². The summed E-state index contributed by atoms with van der Waals surface area (Å²) in [5.41, 5.74) is 7.96. The Balaban J connectivity index is 2.45. The molecular formula is C13H17BrN4O. The molecule has 2 N–H and O–H groups in total. The van der Waals surface area contributed by atoms with Crippen molar-refractivity contribution in [2.75, 3.05) is 7.11 Å². The molecule has 0 aliphatic rings. The zero-order valence-electron chi connectivity index (χ0n) is 11.0. The number of ether oxygens (including phenoxy) is 1. The van der Waals surface area contributed by atoms with E-state index >= 15 is 0 Å². The second-order valence-corrected chi connectivity index (χ2v) is 5.02. The zero-order valence-corrected chi connectivity index (χ0v) is 12.6. The summed E-state index contributed by atoms with van der Waals surface area (Å²) in [6.45, 7) is 2.90. The van der Waals surface area contributed by atoms with Crippen molar-refractivity contribution in [2.45, 2.75) is 25.9 Å². The molecule has 0 aliphatic heterocycles. The van der Waals surface area contributed by atoms with Gasteiger partial charge in [0.05, 0.1) is 25.0 Å². The molecule has 1 atom stereocenters. The summed E-state index contributed by atoms with van der Waals surface area (Å²) in [6, 6.07) is 3.41. The molecule has 19 heavy (non-hydrogen) atoms. The van der Waals surface area contributed by atoms with Gasteiger partial charge in [0.2, 0.25) is 0 Å². The van der Waals surface area contributed by atoms with Gasteiger partial charge >= 0.3 is 0 Å². The average Bonchev–Trinajstić information content (AvgIpc) is 2.82. The van der Waals surface area contributed by atoms with Crippen LogP contribution in [0.5, 0.6) is 5.75 Å². The first-order valence-corrected chi connectivity index (χ1v) is 6.94. The van der Waals surface area contributed by atoms with Gasteiger partial charge < -0.3 is 10.5 Å². The second-order valence-electron chi connectivity index (χ2n) is 4.17. The molecule has 0 fully saturated rings. The fourth-order valence-corrected chi connectivity index (χ4v) is 2.50. The first-order valence-electron chi connectivity index (χ1n) is 6.14. The van der Waals surface area contributed by atoms with E-state index in [0.717, 1.165) is 28.8 Å². The quantitative estimate of drug-likeness (QED) is 0.917. The monoisotopic (exact) mass is 324 g/mol. The molecule has 0 aliphatic carbocycles. The Labute approximate surface area is 120 Å². The molecule has 2 aromatic rings. The lowest BCUT2D eigenvalue weighted by atomic mass is 10.1. The third-order valence-electron chi connectivity index (χ3n) is 2.88. The van der Waals surface area contributed by atoms with Gasteiger partial charge in [-0.25, -0.2) is 0 Å². The van der Waals surface area contributed by atoms with Crippen molar-refractivity contribution >= 4 is 15.9 Å². The van der Waals surface area contributed by atoms with Crippen LogP contribution in [-0.2, 0) is 6.54 Å². The summed E-state index contributed by atoms with van der Waals surface area (Å²) < 4.78 is 8.11. The van der Waals surface area contributed by atoms with Gasteiger partial charge in [-0.2, -0.15) is 5.10 Å². The van der Waals surface area contributed by atoms with E-state index < -0.39 is 0 Å². The summed E-state index contributed by atoms with van der Waals surface area (Å²) in [6.07, 6.45) is 4.41. The second kappa shape index (κ2) is 6.16. The lowest BCUT2D eigenvalue weighted by Crippen LogP contribution is -2.20. The summed E-state index contributed by atoms with van der Waals surface area (Å²) in [5.74, 6) is 0.693. The third-order valence-corrected chi connectivity index (χ3v) is 3.55. The van der Waals surface area contributed by atoms with Crippen LogP contribution in [0.3, 0.4) is 0 Å². The van der Waals surface area contributed by atoms with Crippen LogP contribution in [0.1, 0.15) is 30.8 Å². The number of hydrogen-bond acceptors (Lipinski definition) is 4. The number of aromatic nitrogens is 3. The van der Waals surface area contributed by atoms with E-state index in [0.29, 0.717) is 5.75 Å². The Morgan fingerprint density at radius 1 is 1.53 bits per heavy atom. The molecule has 1 unspecified atom stereocenters. The van der Waals surface area contributed by atoms with Gasteiger partial charge in [0.1, 0.15) is 5.69 Å². The predicted octanol–water partition coefficient (Wildman–Crippen LogP) is 2.51. The van der Waals surface area contributed by atoms with Crippen LogP contribution in [0.15, 0.2) is 29.0 Å². The first kappa shape index (κ1) is 14.0. The third kappa shape index (κ3) is 2.79. The number of pyridine rings is 1. The van der Waals surface area contributed by atoms with Crippen LogP contribution in [0.2, 0.25) is 0 Å². The van der Waals surface area contributed by atoms with Crippen LogP contribution < -0.4 is 10.5 Å². The Morgan fingerprint density at radius 3 is 2.95 bits per heavy atom. The average molecular weight is 325 g/mol. The standard InChI is InChI=1S/C13H17BrN4O/c1-3-7-18-13(10(19-2)8-17-18)11(15)12-9(14)5-4-6-16-12/h4-6,8,11H,3,7,15H2,1-2H3. The van der Waals surface area contributed by atoms with Crippen LogP contribution in [0, 0.1) is 0 Å². The molecule has 0 saturated carbocycles. The van der Waals surface area contributed by atoms with Crippen molar-refractivity contribution in [3.05, 3.63) is 40.4 Å². The topological polar surface area (TPSA) is 66.0 Å². The highest BCUT2D eigenvalue weighted by molar-refractivity contribution is 9.10. The number of halogens is 1. The SMILES string of the molecule is CCCn1ncc(OC)c1C(N)c1ncccc1Br. The summed E-state index contributed by atoms with van der Waals surface area (Å²) in [7, 11) is 1.62. The van der Waals surface area contributed by atoms with E-state index in [1.54, 1.807) is 19.5 Å². The van der Waals surface area contributed by atoms with Gasteiger partial charge in [0, 0.05) is 17.2 Å². The molecule has 6 heteroatoms. The van der Waals surface area contributed by atoms with Crippen LogP contribution in [0.25, 0.3) is 0 Å². The van der Waals surface area contributed by atoms with Gasteiger partial charge in [0.25, 0.3) is 0 Å². The minimum atomic E-state index is -0.375. The predicted molar refractivity (Wildman–Crippen MR) is 77.0 cm³/mol. The van der Waals surface area contributed by atoms with Gasteiger partial charge in [-0.05, 0) is 34.5 Å². The fraction of sp³-hybridized carbons (Fsp3) is 0.385. The Morgan fingerprint density at radius 2 is 2.32 bits per heavy atom. The molecule has 0 aromatic carbocycles. The Hall–Kier alpha value is -1.40. The first-order chi connectivity index (χ1) is 9.19. The minimum absolute atomic E-state index is 0.375. The summed E-state index contributed by atoms with van der Waals surface area (Å²) in [4.78, 5) is 4.34. The fourth-order valence-electron chi connectivity index (χ4n) is 1.99. The highest BCUT2D eigenvalue weighted by Crippen LogP contribution is 2.30. The Bertz CT molecular complexity index is 555. The maximum Gasteiger partial charge on any atom is 0.161 e. The maximum atomic E-state index is 6.34. The molecule has 0 radical (unpaired) electrons. The molecule has 0 saturated heterocycles. The minimum Gasteiger partial charge on any atom is -0.493 e. The smallest absolute Gasteiger partial charge is 0.161 e. The molecule has 2 aromatic heterocycles. The largest absolute Gasteiger partial charge is 0.493 e. The van der Waals surface area contributed by atoms with Crippen molar-refractivity contribution < 1.29 is 4.74 Å². The van der Waals surface area contributed by atoms with E-state index in [-0.39, 0.29) is 6.04 Å². The molecule has 2 rings (SSSR count). The molecule has 0 spiro atoms. The van der Waals surface area contributed by atoms with Crippen molar-refractivity contribution in [3.63, 3.8) is 0 Å². The van der Waals surface area contributed by atoms with Crippen molar-refractivity contribution in [1.29, 1.82) is 0 Å².